The molecule has 0 spiro atoms. The minimum absolute atomic E-state index is 0.229. The molecule has 4 aromatic rings. The second-order valence-corrected chi connectivity index (χ2v) is 10.6. The highest BCUT2D eigenvalue weighted by atomic mass is 35.5. The van der Waals surface area contributed by atoms with Crippen molar-refractivity contribution in [1.82, 2.24) is 0 Å². The number of thiophene rings is 1. The summed E-state index contributed by atoms with van der Waals surface area (Å²) < 4.78 is 28.1. The summed E-state index contributed by atoms with van der Waals surface area (Å²) in [5.74, 6) is -0.245. The molecule has 4 rings (SSSR count). The molecule has 0 aliphatic heterocycles. The van der Waals surface area contributed by atoms with Gasteiger partial charge in [-0.15, -0.1) is 11.3 Å². The van der Waals surface area contributed by atoms with Gasteiger partial charge in [0, 0.05) is 22.5 Å². The largest absolute Gasteiger partial charge is 0.321 e. The third-order valence-corrected chi connectivity index (χ3v) is 8.00. The van der Waals surface area contributed by atoms with Crippen molar-refractivity contribution < 1.29 is 13.2 Å². The maximum Gasteiger partial charge on any atom is 0.265 e. The number of anilines is 2. The Hall–Kier alpha value is -2.87. The van der Waals surface area contributed by atoms with E-state index in [1.165, 1.54) is 22.7 Å². The molecule has 8 heteroatoms. The lowest BCUT2D eigenvalue weighted by molar-refractivity contribution is 0.103. The van der Waals surface area contributed by atoms with Crippen molar-refractivity contribution in [3.63, 3.8) is 0 Å². The van der Waals surface area contributed by atoms with Crippen LogP contribution in [0.3, 0.4) is 0 Å². The fourth-order valence-corrected chi connectivity index (χ4v) is 5.42. The number of hydrogen-bond donors (Lipinski definition) is 1. The topological polar surface area (TPSA) is 66.5 Å². The number of nitrogens with one attached hydrogen (secondary N) is 1. The highest BCUT2D eigenvalue weighted by molar-refractivity contribution is 7.92. The van der Waals surface area contributed by atoms with Gasteiger partial charge in [0.1, 0.15) is 0 Å². The fraction of sp³-hybridized carbons (Fsp3) is 0.0870. The number of halogens is 1. The van der Waals surface area contributed by atoms with E-state index >= 15 is 0 Å². The third-order valence-electron chi connectivity index (χ3n) is 4.85. The predicted molar refractivity (Wildman–Crippen MR) is 128 cm³/mol. The van der Waals surface area contributed by atoms with Gasteiger partial charge in [-0.05, 0) is 66.9 Å². The van der Waals surface area contributed by atoms with Crippen LogP contribution in [-0.4, -0.2) is 21.4 Å². The van der Waals surface area contributed by atoms with Gasteiger partial charge in [-0.2, -0.15) is 0 Å². The summed E-state index contributed by atoms with van der Waals surface area (Å²) in [4.78, 5) is 13.4. The van der Waals surface area contributed by atoms with Crippen LogP contribution in [-0.2, 0) is 10.0 Å². The Morgan fingerprint density at radius 2 is 1.74 bits per heavy atom. The quantitative estimate of drug-likeness (QED) is 0.392. The first-order chi connectivity index (χ1) is 14.7. The highest BCUT2D eigenvalue weighted by Crippen LogP contribution is 2.31. The van der Waals surface area contributed by atoms with Crippen LogP contribution in [0.1, 0.15) is 15.2 Å². The SMILES string of the molecule is Cc1ccc(S(=O)(=O)N(C)c2ccc3sc(C(=O)Nc4cccc(Cl)c4)cc3c2)cc1. The monoisotopic (exact) mass is 470 g/mol. The first-order valence-electron chi connectivity index (χ1n) is 9.40. The molecule has 0 unspecified atom stereocenters. The van der Waals surface area contributed by atoms with Crippen molar-refractivity contribution in [3.05, 3.63) is 88.3 Å². The van der Waals surface area contributed by atoms with E-state index in [2.05, 4.69) is 5.32 Å². The number of rotatable bonds is 5. The lowest BCUT2D eigenvalue weighted by Crippen LogP contribution is -2.26. The van der Waals surface area contributed by atoms with Crippen molar-refractivity contribution in [2.45, 2.75) is 11.8 Å². The average molecular weight is 471 g/mol. The fourth-order valence-electron chi connectivity index (χ4n) is 3.10. The zero-order chi connectivity index (χ0) is 22.2. The number of fused-ring (bicyclic) bond motifs is 1. The van der Waals surface area contributed by atoms with Crippen LogP contribution in [0.25, 0.3) is 10.1 Å². The summed E-state index contributed by atoms with van der Waals surface area (Å²) in [6.07, 6.45) is 0. The average Bonchev–Trinajstić information content (AvgIpc) is 3.17. The normalized spacial score (nSPS) is 11.5. The van der Waals surface area contributed by atoms with E-state index in [0.717, 1.165) is 15.6 Å². The number of nitrogens with zero attached hydrogens (tertiary/aromatic N) is 1. The van der Waals surface area contributed by atoms with Crippen LogP contribution in [0.5, 0.6) is 0 Å². The number of carbonyl (C=O) groups excluding carboxylic acids is 1. The molecule has 0 atom stereocenters. The van der Waals surface area contributed by atoms with Crippen LogP contribution in [0, 0.1) is 6.92 Å². The molecule has 3 aromatic carbocycles. The Kier molecular flexibility index (Phi) is 5.75. The van der Waals surface area contributed by atoms with Crippen molar-refractivity contribution in [2.75, 3.05) is 16.7 Å². The van der Waals surface area contributed by atoms with Gasteiger partial charge in [0.2, 0.25) is 0 Å². The van der Waals surface area contributed by atoms with E-state index < -0.39 is 10.0 Å². The summed E-state index contributed by atoms with van der Waals surface area (Å²) in [7, 11) is -2.16. The molecular formula is C23H19ClN2O3S2. The van der Waals surface area contributed by atoms with Gasteiger partial charge >= 0.3 is 0 Å². The van der Waals surface area contributed by atoms with E-state index in [9.17, 15) is 13.2 Å². The Balaban J connectivity index is 1.61. The molecule has 0 fully saturated rings. The van der Waals surface area contributed by atoms with Gasteiger partial charge in [0.05, 0.1) is 15.5 Å². The van der Waals surface area contributed by atoms with Crippen molar-refractivity contribution in [2.24, 2.45) is 0 Å². The van der Waals surface area contributed by atoms with E-state index in [1.807, 2.05) is 13.0 Å². The molecule has 0 saturated carbocycles. The lowest BCUT2D eigenvalue weighted by atomic mass is 10.2. The Labute approximate surface area is 189 Å². The maximum absolute atomic E-state index is 13.0. The summed E-state index contributed by atoms with van der Waals surface area (Å²) >= 11 is 7.31. The molecule has 0 saturated heterocycles. The summed E-state index contributed by atoms with van der Waals surface area (Å²) in [6.45, 7) is 1.91. The van der Waals surface area contributed by atoms with E-state index in [-0.39, 0.29) is 10.8 Å². The van der Waals surface area contributed by atoms with Gasteiger partial charge in [0.25, 0.3) is 15.9 Å². The molecule has 1 heterocycles. The van der Waals surface area contributed by atoms with Crippen LogP contribution in [0.4, 0.5) is 11.4 Å². The number of aryl methyl sites for hydroxylation is 1. The molecule has 0 radical (unpaired) electrons. The van der Waals surface area contributed by atoms with E-state index in [0.29, 0.717) is 21.3 Å². The maximum atomic E-state index is 13.0. The molecule has 1 amide bonds. The van der Waals surface area contributed by atoms with Crippen molar-refractivity contribution in [3.8, 4) is 0 Å². The smallest absolute Gasteiger partial charge is 0.265 e. The molecule has 31 heavy (non-hydrogen) atoms. The predicted octanol–water partition coefficient (Wildman–Crippen LogP) is 5.94. The molecule has 1 N–H and O–H groups in total. The Bertz CT molecular complexity index is 1380. The molecule has 0 aliphatic carbocycles. The van der Waals surface area contributed by atoms with E-state index in [1.54, 1.807) is 66.7 Å². The Morgan fingerprint density at radius 1 is 1.00 bits per heavy atom. The first kappa shape index (κ1) is 21.4. The molecule has 0 aliphatic rings. The van der Waals surface area contributed by atoms with Crippen LogP contribution < -0.4 is 9.62 Å². The number of benzene rings is 3. The van der Waals surface area contributed by atoms with Crippen molar-refractivity contribution >= 4 is 60.3 Å². The molecule has 158 valence electrons. The van der Waals surface area contributed by atoms with Gasteiger partial charge in [-0.25, -0.2) is 8.42 Å². The number of carbonyl (C=O) groups is 1. The van der Waals surface area contributed by atoms with Gasteiger partial charge in [-0.3, -0.25) is 9.10 Å². The first-order valence-corrected chi connectivity index (χ1v) is 12.0. The molecule has 5 nitrogen and oxygen atoms in total. The molecular weight excluding hydrogens is 452 g/mol. The zero-order valence-corrected chi connectivity index (χ0v) is 19.2. The van der Waals surface area contributed by atoms with Crippen LogP contribution in [0.15, 0.2) is 77.7 Å². The second-order valence-electron chi connectivity index (χ2n) is 7.08. The van der Waals surface area contributed by atoms with E-state index in [4.69, 9.17) is 11.6 Å². The number of sulfonamides is 1. The molecule has 0 bridgehead atoms. The minimum atomic E-state index is -3.69. The number of hydrogen-bond acceptors (Lipinski definition) is 4. The van der Waals surface area contributed by atoms with Gasteiger partial charge < -0.3 is 5.32 Å². The van der Waals surface area contributed by atoms with Gasteiger partial charge in [-0.1, -0.05) is 35.4 Å². The summed E-state index contributed by atoms with van der Waals surface area (Å²) in [5.41, 5.74) is 2.12. The number of amides is 1. The Morgan fingerprint density at radius 3 is 2.45 bits per heavy atom. The third kappa shape index (κ3) is 4.44. The van der Waals surface area contributed by atoms with Crippen LogP contribution in [0.2, 0.25) is 5.02 Å². The summed E-state index contributed by atoms with van der Waals surface area (Å²) in [6, 6.07) is 20.8. The van der Waals surface area contributed by atoms with Gasteiger partial charge in [0.15, 0.2) is 0 Å². The second kappa shape index (κ2) is 8.34. The standard InChI is InChI=1S/C23H19ClN2O3S2/c1-15-6-9-20(10-7-15)31(28,29)26(2)19-8-11-21-16(12-19)13-22(30-21)23(27)25-18-5-3-4-17(24)14-18/h3-14H,1-2H3,(H,25,27). The molecule has 1 aromatic heterocycles. The highest BCUT2D eigenvalue weighted by Gasteiger charge is 2.22. The zero-order valence-electron chi connectivity index (χ0n) is 16.8. The van der Waals surface area contributed by atoms with Crippen LogP contribution >= 0.6 is 22.9 Å². The minimum Gasteiger partial charge on any atom is -0.321 e. The lowest BCUT2D eigenvalue weighted by Gasteiger charge is -2.19. The van der Waals surface area contributed by atoms with Crippen molar-refractivity contribution in [1.29, 1.82) is 0 Å². The summed E-state index contributed by atoms with van der Waals surface area (Å²) in [5, 5.41) is 4.16.